The molecule has 2 rings (SSSR count). The van der Waals surface area contributed by atoms with Gasteiger partial charge >= 0.3 is 0 Å². The summed E-state index contributed by atoms with van der Waals surface area (Å²) in [5, 5.41) is 11.8. The van der Waals surface area contributed by atoms with E-state index in [9.17, 15) is 5.11 Å². The van der Waals surface area contributed by atoms with Gasteiger partial charge in [0, 0.05) is 5.39 Å². The van der Waals surface area contributed by atoms with Crippen LogP contribution < -0.4 is 4.74 Å². The molecule has 2 nitrogen and oxygen atoms in total. The minimum absolute atomic E-state index is 0.191. The van der Waals surface area contributed by atoms with Crippen LogP contribution in [0.5, 0.6) is 5.75 Å². The summed E-state index contributed by atoms with van der Waals surface area (Å²) in [6, 6.07) is 11.5. The quantitative estimate of drug-likeness (QED) is 0.830. The number of hydrogen-bond acceptors (Lipinski definition) is 2. The second-order valence-corrected chi connectivity index (χ2v) is 3.88. The van der Waals surface area contributed by atoms with Crippen molar-refractivity contribution in [1.82, 2.24) is 0 Å². The molecule has 16 heavy (non-hydrogen) atoms. The fourth-order valence-electron chi connectivity index (χ4n) is 1.85. The lowest BCUT2D eigenvalue weighted by Gasteiger charge is -2.13. The predicted octanol–water partition coefficient (Wildman–Crippen LogP) is 3.12. The molecule has 1 N–H and O–H groups in total. The van der Waals surface area contributed by atoms with Gasteiger partial charge in [-0.3, -0.25) is 0 Å². The zero-order chi connectivity index (χ0) is 11.5. The van der Waals surface area contributed by atoms with Crippen LogP contribution in [-0.2, 0) is 0 Å². The molecule has 0 aliphatic heterocycles. The van der Waals surface area contributed by atoms with Gasteiger partial charge in [0.15, 0.2) is 0 Å². The zero-order valence-corrected chi connectivity index (χ0v) is 9.74. The third kappa shape index (κ3) is 1.86. The Hall–Kier alpha value is -1.25. The Morgan fingerprint density at radius 1 is 1.19 bits per heavy atom. The molecule has 0 saturated carbocycles. The molecule has 0 aromatic heterocycles. The van der Waals surface area contributed by atoms with E-state index in [2.05, 4.69) is 0 Å². The predicted molar refractivity (Wildman–Crippen MR) is 66.2 cm³/mol. The minimum Gasteiger partial charge on any atom is -0.496 e. The molecular formula is C13H13ClO2. The lowest BCUT2D eigenvalue weighted by molar-refractivity contribution is 0.204. The number of aliphatic hydroxyl groups is 1. The zero-order valence-electron chi connectivity index (χ0n) is 8.98. The van der Waals surface area contributed by atoms with Crippen molar-refractivity contribution < 1.29 is 9.84 Å². The third-order valence-electron chi connectivity index (χ3n) is 2.64. The van der Waals surface area contributed by atoms with E-state index in [1.807, 2.05) is 36.4 Å². The van der Waals surface area contributed by atoms with Crippen LogP contribution in [0.3, 0.4) is 0 Å². The first-order chi connectivity index (χ1) is 7.77. The molecule has 2 aromatic carbocycles. The van der Waals surface area contributed by atoms with Gasteiger partial charge in [-0.15, -0.1) is 11.6 Å². The van der Waals surface area contributed by atoms with Crippen molar-refractivity contribution in [2.75, 3.05) is 13.0 Å². The van der Waals surface area contributed by atoms with Crippen molar-refractivity contribution in [2.24, 2.45) is 0 Å². The Bertz CT molecular complexity index is 496. The standard InChI is InChI=1S/C13H13ClO2/c1-16-13-7-6-10(12(15)8-14)9-4-2-3-5-11(9)13/h2-7,12,15H,8H2,1H3/t12-/m1/s1. The highest BCUT2D eigenvalue weighted by Gasteiger charge is 2.12. The molecule has 3 heteroatoms. The number of benzene rings is 2. The van der Waals surface area contributed by atoms with Crippen molar-refractivity contribution >= 4 is 22.4 Å². The molecule has 0 aliphatic rings. The molecule has 0 radical (unpaired) electrons. The van der Waals surface area contributed by atoms with Crippen LogP contribution in [0.4, 0.5) is 0 Å². The van der Waals surface area contributed by atoms with E-state index in [4.69, 9.17) is 16.3 Å². The lowest BCUT2D eigenvalue weighted by atomic mass is 10.0. The van der Waals surface area contributed by atoms with E-state index in [1.54, 1.807) is 7.11 Å². The number of methoxy groups -OCH3 is 1. The second-order valence-electron chi connectivity index (χ2n) is 3.57. The minimum atomic E-state index is -0.641. The SMILES string of the molecule is COc1ccc([C@H](O)CCl)c2ccccc12. The first-order valence-corrected chi connectivity index (χ1v) is 5.61. The van der Waals surface area contributed by atoms with Gasteiger partial charge in [-0.1, -0.05) is 30.3 Å². The Morgan fingerprint density at radius 3 is 2.50 bits per heavy atom. The van der Waals surface area contributed by atoms with E-state index in [0.717, 1.165) is 22.1 Å². The van der Waals surface area contributed by atoms with Crippen LogP contribution in [0.25, 0.3) is 10.8 Å². The van der Waals surface area contributed by atoms with E-state index in [1.165, 1.54) is 0 Å². The van der Waals surface area contributed by atoms with Crippen LogP contribution in [0.1, 0.15) is 11.7 Å². The maximum atomic E-state index is 9.82. The largest absolute Gasteiger partial charge is 0.496 e. The van der Waals surface area contributed by atoms with Crippen molar-refractivity contribution in [3.63, 3.8) is 0 Å². The van der Waals surface area contributed by atoms with Crippen LogP contribution in [0.15, 0.2) is 36.4 Å². The summed E-state index contributed by atoms with van der Waals surface area (Å²) in [6.45, 7) is 0. The van der Waals surface area contributed by atoms with Gasteiger partial charge in [-0.25, -0.2) is 0 Å². The van der Waals surface area contributed by atoms with E-state index in [0.29, 0.717) is 0 Å². The second kappa shape index (κ2) is 4.73. The molecule has 0 saturated heterocycles. The molecule has 2 aromatic rings. The van der Waals surface area contributed by atoms with E-state index in [-0.39, 0.29) is 5.88 Å². The molecule has 0 fully saturated rings. The third-order valence-corrected chi connectivity index (χ3v) is 2.94. The van der Waals surface area contributed by atoms with Crippen molar-refractivity contribution in [3.05, 3.63) is 42.0 Å². The van der Waals surface area contributed by atoms with Crippen LogP contribution in [-0.4, -0.2) is 18.1 Å². The average Bonchev–Trinajstić information content (AvgIpc) is 2.36. The molecule has 0 heterocycles. The normalized spacial score (nSPS) is 12.7. The molecule has 0 aliphatic carbocycles. The number of ether oxygens (including phenoxy) is 1. The van der Waals surface area contributed by atoms with Crippen molar-refractivity contribution in [1.29, 1.82) is 0 Å². The number of rotatable bonds is 3. The van der Waals surface area contributed by atoms with E-state index < -0.39 is 6.10 Å². The summed E-state index contributed by atoms with van der Waals surface area (Å²) in [6.07, 6.45) is -0.641. The van der Waals surface area contributed by atoms with Gasteiger partial charge in [-0.2, -0.15) is 0 Å². The van der Waals surface area contributed by atoms with Crippen LogP contribution >= 0.6 is 11.6 Å². The molecule has 0 amide bonds. The van der Waals surface area contributed by atoms with Crippen molar-refractivity contribution in [3.8, 4) is 5.75 Å². The van der Waals surface area contributed by atoms with Gasteiger partial charge in [-0.05, 0) is 17.0 Å². The summed E-state index contributed by atoms with van der Waals surface area (Å²) in [7, 11) is 1.64. The monoisotopic (exact) mass is 236 g/mol. The number of hydrogen-bond donors (Lipinski definition) is 1. The molecule has 0 bridgehead atoms. The van der Waals surface area contributed by atoms with E-state index >= 15 is 0 Å². The summed E-state index contributed by atoms with van der Waals surface area (Å²) < 4.78 is 5.28. The highest BCUT2D eigenvalue weighted by Crippen LogP contribution is 2.31. The van der Waals surface area contributed by atoms with Crippen molar-refractivity contribution in [2.45, 2.75) is 6.10 Å². The van der Waals surface area contributed by atoms with Gasteiger partial charge in [0.2, 0.25) is 0 Å². The molecular weight excluding hydrogens is 224 g/mol. The van der Waals surface area contributed by atoms with Gasteiger partial charge < -0.3 is 9.84 Å². The number of aliphatic hydroxyl groups excluding tert-OH is 1. The first-order valence-electron chi connectivity index (χ1n) is 5.07. The summed E-state index contributed by atoms with van der Waals surface area (Å²) in [4.78, 5) is 0. The molecule has 0 spiro atoms. The Labute approximate surface area is 99.4 Å². The Balaban J connectivity index is 2.69. The molecule has 0 unspecified atom stereocenters. The molecule has 84 valence electrons. The van der Waals surface area contributed by atoms with Gasteiger partial charge in [0.05, 0.1) is 19.1 Å². The van der Waals surface area contributed by atoms with Crippen LogP contribution in [0.2, 0.25) is 0 Å². The Morgan fingerprint density at radius 2 is 1.88 bits per heavy atom. The number of halogens is 1. The maximum Gasteiger partial charge on any atom is 0.126 e. The smallest absolute Gasteiger partial charge is 0.126 e. The molecule has 1 atom stereocenters. The lowest BCUT2D eigenvalue weighted by Crippen LogP contribution is -2.00. The Kier molecular flexibility index (Phi) is 3.32. The number of fused-ring (bicyclic) bond motifs is 1. The highest BCUT2D eigenvalue weighted by molar-refractivity contribution is 6.18. The first kappa shape index (κ1) is 11.2. The van der Waals surface area contributed by atoms with Gasteiger partial charge in [0.1, 0.15) is 5.75 Å². The fourth-order valence-corrected chi connectivity index (χ4v) is 2.01. The maximum absolute atomic E-state index is 9.82. The van der Waals surface area contributed by atoms with Crippen LogP contribution in [0, 0.1) is 0 Å². The highest BCUT2D eigenvalue weighted by atomic mass is 35.5. The topological polar surface area (TPSA) is 29.5 Å². The number of alkyl halides is 1. The van der Waals surface area contributed by atoms with Gasteiger partial charge in [0.25, 0.3) is 0 Å². The summed E-state index contributed by atoms with van der Waals surface area (Å²) >= 11 is 5.68. The average molecular weight is 237 g/mol. The summed E-state index contributed by atoms with van der Waals surface area (Å²) in [5.41, 5.74) is 0.839. The summed E-state index contributed by atoms with van der Waals surface area (Å²) in [5.74, 6) is 0.997. The fraction of sp³-hybridized carbons (Fsp3) is 0.231.